The number of rotatable bonds is 3. The summed E-state index contributed by atoms with van der Waals surface area (Å²) in [5.41, 5.74) is 3.36. The maximum Gasteiger partial charge on any atom is 0.303 e. The molecule has 1 aromatic rings. The normalized spacial score (nSPS) is 24.4. The van der Waals surface area contributed by atoms with E-state index in [1.165, 1.54) is 30.4 Å². The van der Waals surface area contributed by atoms with Gasteiger partial charge in [0.2, 0.25) is 0 Å². The van der Waals surface area contributed by atoms with Crippen molar-refractivity contribution >= 4 is 5.97 Å². The molecular weight excluding hydrogens is 212 g/mol. The molecule has 2 nitrogen and oxygen atoms in total. The van der Waals surface area contributed by atoms with Gasteiger partial charge in [-0.25, -0.2) is 0 Å². The van der Waals surface area contributed by atoms with E-state index in [9.17, 15) is 4.79 Å². The summed E-state index contributed by atoms with van der Waals surface area (Å²) in [6.07, 6.45) is 5.99. The van der Waals surface area contributed by atoms with Gasteiger partial charge in [-0.1, -0.05) is 24.3 Å². The van der Waals surface area contributed by atoms with Gasteiger partial charge in [-0.05, 0) is 54.6 Å². The zero-order valence-electron chi connectivity index (χ0n) is 9.98. The average Bonchev–Trinajstić information content (AvgIpc) is 3.10. The van der Waals surface area contributed by atoms with Crippen LogP contribution in [0.5, 0.6) is 0 Å². The molecule has 0 saturated heterocycles. The Morgan fingerprint density at radius 1 is 1.35 bits per heavy atom. The maximum atomic E-state index is 10.7. The van der Waals surface area contributed by atoms with Crippen LogP contribution in [-0.4, -0.2) is 11.1 Å². The molecule has 0 amide bonds. The third-order valence-corrected chi connectivity index (χ3v) is 4.59. The Labute approximate surface area is 102 Å². The molecule has 0 bridgehead atoms. The number of aryl methyl sites for hydroxylation is 1. The first-order chi connectivity index (χ1) is 8.22. The van der Waals surface area contributed by atoms with Crippen molar-refractivity contribution in [2.45, 2.75) is 43.9 Å². The Morgan fingerprint density at radius 3 is 2.82 bits per heavy atom. The van der Waals surface area contributed by atoms with E-state index in [0.29, 0.717) is 17.8 Å². The molecule has 3 rings (SSSR count). The van der Waals surface area contributed by atoms with Gasteiger partial charge in [-0.2, -0.15) is 0 Å². The van der Waals surface area contributed by atoms with Crippen LogP contribution in [0.25, 0.3) is 0 Å². The van der Waals surface area contributed by atoms with Crippen molar-refractivity contribution in [3.63, 3.8) is 0 Å². The van der Waals surface area contributed by atoms with Crippen molar-refractivity contribution in [3.8, 4) is 0 Å². The lowest BCUT2D eigenvalue weighted by molar-refractivity contribution is -0.137. The van der Waals surface area contributed by atoms with Crippen molar-refractivity contribution < 1.29 is 9.90 Å². The fraction of sp³-hybridized carbons (Fsp3) is 0.533. The van der Waals surface area contributed by atoms with E-state index in [4.69, 9.17) is 5.11 Å². The summed E-state index contributed by atoms with van der Waals surface area (Å²) in [5.74, 6) is -0.0619. The first-order valence-corrected chi connectivity index (χ1v) is 6.52. The van der Waals surface area contributed by atoms with Gasteiger partial charge in [-0.3, -0.25) is 4.79 Å². The molecular formula is C15H18O2. The molecule has 1 spiro atoms. The van der Waals surface area contributed by atoms with E-state index in [1.54, 1.807) is 0 Å². The zero-order valence-corrected chi connectivity index (χ0v) is 9.98. The summed E-state index contributed by atoms with van der Waals surface area (Å²) in [7, 11) is 0. The van der Waals surface area contributed by atoms with Crippen LogP contribution >= 0.6 is 0 Å². The molecule has 0 radical (unpaired) electrons. The predicted octanol–water partition coefficient (Wildman–Crippen LogP) is 3.15. The summed E-state index contributed by atoms with van der Waals surface area (Å²) in [6.45, 7) is 0. The standard InChI is InChI=1S/C15H18O2/c16-14(17)8-7-12-6-5-11-3-1-2-4-13(11)15(12)9-10-15/h1-4,12H,5-10H2,(H,16,17). The highest BCUT2D eigenvalue weighted by Gasteiger charge is 2.52. The Bertz CT molecular complexity index is 446. The van der Waals surface area contributed by atoms with E-state index >= 15 is 0 Å². The predicted molar refractivity (Wildman–Crippen MR) is 66.0 cm³/mol. The van der Waals surface area contributed by atoms with E-state index in [0.717, 1.165) is 12.8 Å². The van der Waals surface area contributed by atoms with Gasteiger partial charge < -0.3 is 5.11 Å². The van der Waals surface area contributed by atoms with Gasteiger partial charge in [0.1, 0.15) is 0 Å². The molecule has 17 heavy (non-hydrogen) atoms. The van der Waals surface area contributed by atoms with Crippen molar-refractivity contribution in [2.24, 2.45) is 5.92 Å². The van der Waals surface area contributed by atoms with E-state index in [1.807, 2.05) is 0 Å². The van der Waals surface area contributed by atoms with Crippen molar-refractivity contribution in [2.75, 3.05) is 0 Å². The molecule has 0 aromatic heterocycles. The van der Waals surface area contributed by atoms with Crippen molar-refractivity contribution in [1.29, 1.82) is 0 Å². The van der Waals surface area contributed by atoms with E-state index in [2.05, 4.69) is 24.3 Å². The van der Waals surface area contributed by atoms with Crippen LogP contribution in [0.15, 0.2) is 24.3 Å². The second kappa shape index (κ2) is 3.86. The van der Waals surface area contributed by atoms with Gasteiger partial charge in [0.25, 0.3) is 0 Å². The molecule has 1 saturated carbocycles. The monoisotopic (exact) mass is 230 g/mol. The second-order valence-corrected chi connectivity index (χ2v) is 5.48. The number of carboxylic acids is 1. The first-order valence-electron chi connectivity index (χ1n) is 6.52. The van der Waals surface area contributed by atoms with Crippen LogP contribution in [0.1, 0.15) is 43.2 Å². The molecule has 0 heterocycles. The van der Waals surface area contributed by atoms with Crippen LogP contribution in [0, 0.1) is 5.92 Å². The van der Waals surface area contributed by atoms with Crippen LogP contribution in [-0.2, 0) is 16.6 Å². The third kappa shape index (κ3) is 1.76. The molecule has 90 valence electrons. The van der Waals surface area contributed by atoms with Crippen molar-refractivity contribution in [3.05, 3.63) is 35.4 Å². The molecule has 1 atom stereocenters. The Morgan fingerprint density at radius 2 is 2.12 bits per heavy atom. The highest BCUT2D eigenvalue weighted by Crippen LogP contribution is 2.59. The fourth-order valence-corrected chi connectivity index (χ4v) is 3.58. The van der Waals surface area contributed by atoms with Gasteiger partial charge in [-0.15, -0.1) is 0 Å². The summed E-state index contributed by atoms with van der Waals surface area (Å²) in [4.78, 5) is 10.7. The van der Waals surface area contributed by atoms with Crippen LogP contribution < -0.4 is 0 Å². The van der Waals surface area contributed by atoms with Crippen LogP contribution in [0.2, 0.25) is 0 Å². The molecule has 2 heteroatoms. The highest BCUT2D eigenvalue weighted by atomic mass is 16.4. The molecule has 2 aliphatic carbocycles. The molecule has 0 aliphatic heterocycles. The Hall–Kier alpha value is -1.31. The number of aliphatic carboxylic acids is 1. The average molecular weight is 230 g/mol. The summed E-state index contributed by atoms with van der Waals surface area (Å²) in [6, 6.07) is 8.74. The molecule has 1 aromatic carbocycles. The number of carboxylic acid groups (broad SMARTS) is 1. The molecule has 1 unspecified atom stereocenters. The summed E-state index contributed by atoms with van der Waals surface area (Å²) < 4.78 is 0. The molecule has 2 aliphatic rings. The van der Waals surface area contributed by atoms with Crippen LogP contribution in [0.3, 0.4) is 0 Å². The zero-order chi connectivity index (χ0) is 11.9. The number of hydrogen-bond donors (Lipinski definition) is 1. The third-order valence-electron chi connectivity index (χ3n) is 4.59. The Kier molecular flexibility index (Phi) is 2.46. The van der Waals surface area contributed by atoms with Gasteiger partial charge in [0.15, 0.2) is 0 Å². The van der Waals surface area contributed by atoms with Gasteiger partial charge in [0, 0.05) is 6.42 Å². The summed E-state index contributed by atoms with van der Waals surface area (Å²) in [5, 5.41) is 8.83. The SMILES string of the molecule is O=C(O)CCC1CCc2ccccc2C12CC2. The minimum absolute atomic E-state index is 0.328. The number of hydrogen-bond acceptors (Lipinski definition) is 1. The number of carbonyl (C=O) groups is 1. The minimum Gasteiger partial charge on any atom is -0.481 e. The Balaban J connectivity index is 1.85. The van der Waals surface area contributed by atoms with E-state index in [-0.39, 0.29) is 0 Å². The number of benzene rings is 1. The topological polar surface area (TPSA) is 37.3 Å². The van der Waals surface area contributed by atoms with Crippen molar-refractivity contribution in [1.82, 2.24) is 0 Å². The lowest BCUT2D eigenvalue weighted by Gasteiger charge is -2.34. The lowest BCUT2D eigenvalue weighted by atomic mass is 9.70. The molecule has 1 N–H and O–H groups in total. The quantitative estimate of drug-likeness (QED) is 0.866. The summed E-state index contributed by atoms with van der Waals surface area (Å²) >= 11 is 0. The second-order valence-electron chi connectivity index (χ2n) is 5.48. The van der Waals surface area contributed by atoms with Gasteiger partial charge in [0.05, 0.1) is 0 Å². The van der Waals surface area contributed by atoms with E-state index < -0.39 is 5.97 Å². The number of fused-ring (bicyclic) bond motifs is 2. The largest absolute Gasteiger partial charge is 0.481 e. The smallest absolute Gasteiger partial charge is 0.303 e. The molecule has 1 fully saturated rings. The first kappa shape index (κ1) is 10.8. The lowest BCUT2D eigenvalue weighted by Crippen LogP contribution is -2.27. The highest BCUT2D eigenvalue weighted by molar-refractivity contribution is 5.66. The minimum atomic E-state index is -0.653. The maximum absolute atomic E-state index is 10.7. The van der Waals surface area contributed by atoms with Gasteiger partial charge >= 0.3 is 5.97 Å². The van der Waals surface area contributed by atoms with Crippen LogP contribution in [0.4, 0.5) is 0 Å². The fourth-order valence-electron chi connectivity index (χ4n) is 3.58.